The van der Waals surface area contributed by atoms with E-state index in [0.29, 0.717) is 6.54 Å². The molecule has 1 aliphatic rings. The molecule has 0 amide bonds. The fourth-order valence-electron chi connectivity index (χ4n) is 2.34. The lowest BCUT2D eigenvalue weighted by Gasteiger charge is -2.30. The average molecular weight is 294 g/mol. The highest BCUT2D eigenvalue weighted by Crippen LogP contribution is 2.26. The van der Waals surface area contributed by atoms with Crippen molar-refractivity contribution in [2.24, 2.45) is 5.73 Å². The molecule has 2 aromatic heterocycles. The van der Waals surface area contributed by atoms with Gasteiger partial charge in [-0.2, -0.15) is 0 Å². The molecule has 0 atom stereocenters. The molecule has 0 bridgehead atoms. The second-order valence-electron chi connectivity index (χ2n) is 5.12. The summed E-state index contributed by atoms with van der Waals surface area (Å²) in [7, 11) is 0. The highest BCUT2D eigenvalue weighted by Gasteiger charge is 2.26. The SMILES string of the molecule is CSc1ncc2[nH]ccc2n1.NCC1(O)CCCCC1. The van der Waals surface area contributed by atoms with E-state index in [2.05, 4.69) is 15.0 Å². The summed E-state index contributed by atoms with van der Waals surface area (Å²) in [6.45, 7) is 0.438. The normalized spacial score (nSPS) is 17.6. The maximum absolute atomic E-state index is 9.56. The first-order valence-corrected chi connectivity index (χ1v) is 8.16. The van der Waals surface area contributed by atoms with Crippen molar-refractivity contribution < 1.29 is 5.11 Å². The van der Waals surface area contributed by atoms with Crippen molar-refractivity contribution in [3.8, 4) is 0 Å². The molecule has 0 radical (unpaired) electrons. The monoisotopic (exact) mass is 294 g/mol. The van der Waals surface area contributed by atoms with Gasteiger partial charge in [-0.15, -0.1) is 0 Å². The van der Waals surface area contributed by atoms with E-state index in [1.807, 2.05) is 18.5 Å². The lowest BCUT2D eigenvalue weighted by atomic mass is 9.85. The third kappa shape index (κ3) is 3.94. The van der Waals surface area contributed by atoms with Crippen LogP contribution in [0.5, 0.6) is 0 Å². The van der Waals surface area contributed by atoms with Gasteiger partial charge >= 0.3 is 0 Å². The van der Waals surface area contributed by atoms with Gasteiger partial charge in [-0.25, -0.2) is 9.97 Å². The number of nitrogens with one attached hydrogen (secondary N) is 1. The summed E-state index contributed by atoms with van der Waals surface area (Å²) in [6, 6.07) is 1.94. The topological polar surface area (TPSA) is 87.8 Å². The van der Waals surface area contributed by atoms with E-state index in [-0.39, 0.29) is 0 Å². The standard InChI is InChI=1S/C7H7N3S.C7H15NO/c1-11-7-9-4-6-5(10-7)2-3-8-6;8-6-7(9)4-2-1-3-5-7/h2-4,8H,1H3;9H,1-6,8H2. The Kier molecular flexibility index (Phi) is 5.39. The van der Waals surface area contributed by atoms with Crippen LogP contribution in [0.25, 0.3) is 11.0 Å². The van der Waals surface area contributed by atoms with Gasteiger partial charge in [0.15, 0.2) is 5.16 Å². The third-order valence-electron chi connectivity index (χ3n) is 3.62. The van der Waals surface area contributed by atoms with Crippen molar-refractivity contribution in [2.75, 3.05) is 12.8 Å². The minimum Gasteiger partial charge on any atom is -0.389 e. The Morgan fingerprint density at radius 2 is 2.15 bits per heavy atom. The third-order valence-corrected chi connectivity index (χ3v) is 4.18. The molecule has 1 fully saturated rings. The molecule has 0 saturated heterocycles. The van der Waals surface area contributed by atoms with Gasteiger partial charge in [-0.3, -0.25) is 0 Å². The first-order valence-electron chi connectivity index (χ1n) is 6.93. The molecule has 110 valence electrons. The molecule has 6 heteroatoms. The number of thioether (sulfide) groups is 1. The van der Waals surface area contributed by atoms with Crippen LogP contribution in [0.3, 0.4) is 0 Å². The molecule has 2 heterocycles. The van der Waals surface area contributed by atoms with Crippen LogP contribution in [0.15, 0.2) is 23.6 Å². The Morgan fingerprint density at radius 3 is 2.75 bits per heavy atom. The van der Waals surface area contributed by atoms with Crippen LogP contribution in [0.1, 0.15) is 32.1 Å². The molecule has 1 saturated carbocycles. The number of H-pyrrole nitrogens is 1. The van der Waals surface area contributed by atoms with Gasteiger partial charge < -0.3 is 15.8 Å². The van der Waals surface area contributed by atoms with E-state index in [0.717, 1.165) is 41.9 Å². The number of rotatable bonds is 2. The summed E-state index contributed by atoms with van der Waals surface area (Å²) >= 11 is 1.55. The highest BCUT2D eigenvalue weighted by atomic mass is 32.2. The van der Waals surface area contributed by atoms with Crippen molar-refractivity contribution in [3.63, 3.8) is 0 Å². The highest BCUT2D eigenvalue weighted by molar-refractivity contribution is 7.98. The molecule has 3 rings (SSSR count). The lowest BCUT2D eigenvalue weighted by Crippen LogP contribution is -2.39. The second-order valence-corrected chi connectivity index (χ2v) is 5.90. The number of aromatic amines is 1. The minimum atomic E-state index is -0.502. The second kappa shape index (κ2) is 7.06. The van der Waals surface area contributed by atoms with Gasteiger partial charge in [-0.05, 0) is 25.2 Å². The maximum Gasteiger partial charge on any atom is 0.187 e. The van der Waals surface area contributed by atoms with Gasteiger partial charge in [0.2, 0.25) is 0 Å². The van der Waals surface area contributed by atoms with E-state index in [9.17, 15) is 5.11 Å². The van der Waals surface area contributed by atoms with Gasteiger partial charge in [-0.1, -0.05) is 31.0 Å². The van der Waals surface area contributed by atoms with Crippen LogP contribution < -0.4 is 5.73 Å². The summed E-state index contributed by atoms with van der Waals surface area (Å²) in [5.41, 5.74) is 6.85. The Bertz CT molecular complexity index is 537. The Balaban J connectivity index is 0.000000151. The van der Waals surface area contributed by atoms with Gasteiger partial charge in [0.05, 0.1) is 22.8 Å². The van der Waals surface area contributed by atoms with Crippen LogP contribution in [0, 0.1) is 0 Å². The molecule has 0 unspecified atom stereocenters. The zero-order valence-corrected chi connectivity index (χ0v) is 12.6. The fourth-order valence-corrected chi connectivity index (χ4v) is 2.69. The van der Waals surface area contributed by atoms with Gasteiger partial charge in [0, 0.05) is 12.7 Å². The largest absolute Gasteiger partial charge is 0.389 e. The van der Waals surface area contributed by atoms with E-state index in [4.69, 9.17) is 5.73 Å². The van der Waals surface area contributed by atoms with Crippen molar-refractivity contribution in [1.82, 2.24) is 15.0 Å². The zero-order chi connectivity index (χ0) is 14.4. The molecule has 0 spiro atoms. The fraction of sp³-hybridized carbons (Fsp3) is 0.571. The van der Waals surface area contributed by atoms with Crippen LogP contribution in [-0.4, -0.2) is 38.5 Å². The predicted octanol–water partition coefficient (Wildman–Crippen LogP) is 2.32. The summed E-state index contributed by atoms with van der Waals surface area (Å²) in [5.74, 6) is 0. The van der Waals surface area contributed by atoms with Crippen LogP contribution in [0.2, 0.25) is 0 Å². The van der Waals surface area contributed by atoms with E-state index in [1.54, 1.807) is 18.0 Å². The Labute approximate surface area is 123 Å². The van der Waals surface area contributed by atoms with E-state index < -0.39 is 5.60 Å². The lowest BCUT2D eigenvalue weighted by molar-refractivity contribution is 0.0128. The number of aliphatic hydroxyl groups is 1. The Morgan fingerprint density at radius 1 is 1.40 bits per heavy atom. The van der Waals surface area contributed by atoms with Gasteiger partial charge in [0.25, 0.3) is 0 Å². The van der Waals surface area contributed by atoms with Crippen LogP contribution >= 0.6 is 11.8 Å². The molecular weight excluding hydrogens is 272 g/mol. The summed E-state index contributed by atoms with van der Waals surface area (Å²) in [5, 5.41) is 10.4. The molecule has 0 aliphatic heterocycles. The summed E-state index contributed by atoms with van der Waals surface area (Å²) < 4.78 is 0. The molecule has 1 aliphatic carbocycles. The van der Waals surface area contributed by atoms with Crippen molar-refractivity contribution >= 4 is 22.8 Å². The van der Waals surface area contributed by atoms with Crippen molar-refractivity contribution in [1.29, 1.82) is 0 Å². The van der Waals surface area contributed by atoms with Gasteiger partial charge in [0.1, 0.15) is 0 Å². The summed E-state index contributed by atoms with van der Waals surface area (Å²) in [4.78, 5) is 11.4. The first-order chi connectivity index (χ1) is 9.67. The van der Waals surface area contributed by atoms with Crippen LogP contribution in [-0.2, 0) is 0 Å². The number of hydrogen-bond acceptors (Lipinski definition) is 5. The number of nitrogens with zero attached hydrogens (tertiary/aromatic N) is 2. The van der Waals surface area contributed by atoms with Crippen molar-refractivity contribution in [2.45, 2.75) is 42.9 Å². The molecule has 20 heavy (non-hydrogen) atoms. The Hall–Kier alpha value is -1.11. The quantitative estimate of drug-likeness (QED) is 0.584. The average Bonchev–Trinajstić information content (AvgIpc) is 2.96. The smallest absolute Gasteiger partial charge is 0.187 e. The van der Waals surface area contributed by atoms with Crippen molar-refractivity contribution in [3.05, 3.63) is 18.5 Å². The molecule has 4 N–H and O–H groups in total. The van der Waals surface area contributed by atoms with E-state index >= 15 is 0 Å². The number of fused-ring (bicyclic) bond motifs is 1. The molecule has 2 aromatic rings. The molecule has 5 nitrogen and oxygen atoms in total. The number of nitrogens with two attached hydrogens (primary N) is 1. The van der Waals surface area contributed by atoms with Crippen LogP contribution in [0.4, 0.5) is 0 Å². The predicted molar refractivity (Wildman–Crippen MR) is 82.8 cm³/mol. The van der Waals surface area contributed by atoms with E-state index in [1.165, 1.54) is 6.42 Å². The number of hydrogen-bond donors (Lipinski definition) is 3. The zero-order valence-electron chi connectivity index (χ0n) is 11.8. The first kappa shape index (κ1) is 15.3. The molecular formula is C14H22N4OS. The molecule has 0 aromatic carbocycles. The summed E-state index contributed by atoms with van der Waals surface area (Å²) in [6.07, 6.45) is 11.0. The minimum absolute atomic E-state index is 0.438. The number of aromatic nitrogens is 3. The maximum atomic E-state index is 9.56.